The van der Waals surface area contributed by atoms with E-state index >= 15 is 0 Å². The van der Waals surface area contributed by atoms with Crippen molar-refractivity contribution < 1.29 is 9.84 Å². The molecule has 2 heterocycles. The van der Waals surface area contributed by atoms with Crippen LogP contribution in [0.4, 0.5) is 0 Å². The Kier molecular flexibility index (Phi) is 3.58. The minimum atomic E-state index is -0.462. The molecule has 2 aromatic heterocycles. The second kappa shape index (κ2) is 5.92. The zero-order valence-electron chi connectivity index (χ0n) is 13.7. The van der Waals surface area contributed by atoms with Gasteiger partial charge in [-0.1, -0.05) is 12.1 Å². The number of H-pyrrole nitrogens is 3. The van der Waals surface area contributed by atoms with Gasteiger partial charge in [-0.25, -0.2) is 9.78 Å². The third-order valence-corrected chi connectivity index (χ3v) is 4.01. The number of rotatable bonds is 3. The first-order chi connectivity index (χ1) is 12.5. The highest BCUT2D eigenvalue weighted by Gasteiger charge is 2.10. The molecule has 0 saturated carbocycles. The van der Waals surface area contributed by atoms with E-state index in [0.29, 0.717) is 33.4 Å². The number of aromatic nitrogens is 4. The lowest BCUT2D eigenvalue weighted by molar-refractivity contribution is 0.409. The topological polar surface area (TPSA) is 124 Å². The van der Waals surface area contributed by atoms with Gasteiger partial charge < -0.3 is 24.8 Å². The first kappa shape index (κ1) is 15.7. The lowest BCUT2D eigenvalue weighted by atomic mass is 10.1. The molecular weight excluding hydrogens is 336 g/mol. The van der Waals surface area contributed by atoms with Crippen molar-refractivity contribution in [2.75, 3.05) is 7.11 Å². The molecule has 0 saturated heterocycles. The molecule has 4 rings (SSSR count). The van der Waals surface area contributed by atoms with Gasteiger partial charge in [-0.15, -0.1) is 0 Å². The van der Waals surface area contributed by atoms with Crippen LogP contribution in [0.1, 0.15) is 11.3 Å². The van der Waals surface area contributed by atoms with Crippen LogP contribution < -0.4 is 16.0 Å². The number of nitrogens with one attached hydrogen (secondary N) is 3. The number of imidazole rings is 1. The summed E-state index contributed by atoms with van der Waals surface area (Å²) in [5.74, 6) is 0.334. The summed E-state index contributed by atoms with van der Waals surface area (Å²) in [4.78, 5) is 36.0. The third kappa shape index (κ3) is 2.63. The fraction of sp³-hybridized carbons (Fsp3) is 0.0556. The van der Waals surface area contributed by atoms with E-state index in [1.165, 1.54) is 13.2 Å². The Bertz CT molecular complexity index is 1280. The second-order valence-electron chi connectivity index (χ2n) is 5.68. The second-order valence-corrected chi connectivity index (χ2v) is 5.68. The van der Waals surface area contributed by atoms with Gasteiger partial charge in [-0.3, -0.25) is 4.79 Å². The number of aromatic amines is 3. The molecular formula is C18H14N4O4. The summed E-state index contributed by atoms with van der Waals surface area (Å²) in [5, 5.41) is 10.4. The molecule has 26 heavy (non-hydrogen) atoms. The van der Waals surface area contributed by atoms with Gasteiger partial charge in [0.15, 0.2) is 0 Å². The van der Waals surface area contributed by atoms with Crippen LogP contribution in [0.2, 0.25) is 0 Å². The number of fused-ring (bicyclic) bond motifs is 2. The van der Waals surface area contributed by atoms with Crippen LogP contribution in [-0.4, -0.2) is 32.2 Å². The SMILES string of the molecule is COc1ccccc1/C(O)=C/c1nc2cc3[nH]c(=O)[nH]c3cc2[nH]c1=O. The third-order valence-electron chi connectivity index (χ3n) is 4.01. The summed E-state index contributed by atoms with van der Waals surface area (Å²) in [6.07, 6.45) is 1.28. The van der Waals surface area contributed by atoms with E-state index in [9.17, 15) is 14.7 Å². The maximum atomic E-state index is 12.3. The lowest BCUT2D eigenvalue weighted by Gasteiger charge is -2.07. The first-order valence-corrected chi connectivity index (χ1v) is 7.75. The van der Waals surface area contributed by atoms with Crippen LogP contribution in [0.25, 0.3) is 33.9 Å². The van der Waals surface area contributed by atoms with E-state index in [-0.39, 0.29) is 17.1 Å². The van der Waals surface area contributed by atoms with Gasteiger partial charge in [-0.05, 0) is 24.3 Å². The lowest BCUT2D eigenvalue weighted by Crippen LogP contribution is -2.12. The Hall–Kier alpha value is -3.81. The summed E-state index contributed by atoms with van der Waals surface area (Å²) in [5.41, 5.74) is 1.78. The highest BCUT2D eigenvalue weighted by molar-refractivity contribution is 5.91. The Labute approximate surface area is 145 Å². The maximum absolute atomic E-state index is 12.3. The van der Waals surface area contributed by atoms with Crippen LogP contribution in [0, 0.1) is 0 Å². The number of aliphatic hydroxyl groups excluding tert-OH is 1. The van der Waals surface area contributed by atoms with Gasteiger partial charge in [0.2, 0.25) is 0 Å². The summed E-state index contributed by atoms with van der Waals surface area (Å²) in [7, 11) is 1.50. The van der Waals surface area contributed by atoms with Crippen molar-refractivity contribution in [3.05, 3.63) is 68.5 Å². The van der Waals surface area contributed by atoms with Crippen molar-refractivity contribution in [2.45, 2.75) is 0 Å². The van der Waals surface area contributed by atoms with E-state index in [0.717, 1.165) is 0 Å². The fourth-order valence-electron chi connectivity index (χ4n) is 2.79. The largest absolute Gasteiger partial charge is 0.507 e. The monoisotopic (exact) mass is 350 g/mol. The number of hydrogen-bond acceptors (Lipinski definition) is 5. The van der Waals surface area contributed by atoms with Gasteiger partial charge in [-0.2, -0.15) is 0 Å². The predicted octanol–water partition coefficient (Wildman–Crippen LogP) is 2.16. The standard InChI is InChI=1S/C18H14N4O4/c1-26-16-5-3-2-4-9(16)15(23)8-14-17(24)20-11-7-13-12(6-10(11)19-14)21-18(25)22-13/h2-8,23H,1H3,(H,20,24)(H2,21,22,25)/b15-8-. The molecule has 0 spiro atoms. The molecule has 4 aromatic rings. The average molecular weight is 350 g/mol. The fourth-order valence-corrected chi connectivity index (χ4v) is 2.79. The van der Waals surface area contributed by atoms with E-state index in [2.05, 4.69) is 19.9 Å². The number of para-hydroxylation sites is 1. The summed E-state index contributed by atoms with van der Waals surface area (Å²) >= 11 is 0. The van der Waals surface area contributed by atoms with Crippen molar-refractivity contribution in [1.82, 2.24) is 19.9 Å². The van der Waals surface area contributed by atoms with Gasteiger partial charge in [0.1, 0.15) is 17.2 Å². The van der Waals surface area contributed by atoms with Crippen molar-refractivity contribution in [3.63, 3.8) is 0 Å². The zero-order chi connectivity index (χ0) is 18.3. The molecule has 0 aliphatic carbocycles. The highest BCUT2D eigenvalue weighted by Crippen LogP contribution is 2.25. The van der Waals surface area contributed by atoms with Gasteiger partial charge in [0.05, 0.1) is 34.7 Å². The molecule has 2 aromatic carbocycles. The van der Waals surface area contributed by atoms with Gasteiger partial charge >= 0.3 is 5.69 Å². The molecule has 0 fully saturated rings. The van der Waals surface area contributed by atoms with Gasteiger partial charge in [0.25, 0.3) is 5.56 Å². The molecule has 130 valence electrons. The smallest absolute Gasteiger partial charge is 0.323 e. The minimum Gasteiger partial charge on any atom is -0.507 e. The van der Waals surface area contributed by atoms with Crippen LogP contribution in [-0.2, 0) is 0 Å². The van der Waals surface area contributed by atoms with Crippen LogP contribution in [0.5, 0.6) is 5.75 Å². The molecule has 0 unspecified atom stereocenters. The molecule has 0 bridgehead atoms. The number of nitrogens with zero attached hydrogens (tertiary/aromatic N) is 1. The molecule has 0 aliphatic heterocycles. The highest BCUT2D eigenvalue weighted by atomic mass is 16.5. The Morgan fingerprint density at radius 2 is 1.81 bits per heavy atom. The minimum absolute atomic E-state index is 0.0399. The molecule has 0 radical (unpaired) electrons. The number of hydrogen-bond donors (Lipinski definition) is 4. The average Bonchev–Trinajstić information content (AvgIpc) is 2.99. The zero-order valence-corrected chi connectivity index (χ0v) is 13.7. The van der Waals surface area contributed by atoms with Crippen LogP contribution in [0.3, 0.4) is 0 Å². The maximum Gasteiger partial charge on any atom is 0.323 e. The quantitative estimate of drug-likeness (QED) is 0.422. The van der Waals surface area contributed by atoms with E-state index < -0.39 is 5.56 Å². The van der Waals surface area contributed by atoms with Gasteiger partial charge in [0, 0.05) is 6.08 Å². The first-order valence-electron chi connectivity index (χ1n) is 7.75. The molecule has 0 aliphatic rings. The summed E-state index contributed by atoms with van der Waals surface area (Å²) < 4.78 is 5.21. The van der Waals surface area contributed by atoms with E-state index in [1.54, 1.807) is 36.4 Å². The Morgan fingerprint density at radius 3 is 2.58 bits per heavy atom. The number of aliphatic hydroxyl groups is 1. The Balaban J connectivity index is 1.88. The number of methoxy groups -OCH3 is 1. The molecule has 0 atom stereocenters. The predicted molar refractivity (Wildman–Crippen MR) is 98.3 cm³/mol. The van der Waals surface area contributed by atoms with Crippen molar-refractivity contribution in [2.24, 2.45) is 0 Å². The van der Waals surface area contributed by atoms with Crippen molar-refractivity contribution >= 4 is 33.9 Å². The molecule has 4 N–H and O–H groups in total. The number of ether oxygens (including phenoxy) is 1. The van der Waals surface area contributed by atoms with Crippen LogP contribution in [0.15, 0.2) is 46.0 Å². The molecule has 8 heteroatoms. The van der Waals surface area contributed by atoms with Crippen LogP contribution >= 0.6 is 0 Å². The van der Waals surface area contributed by atoms with E-state index in [4.69, 9.17) is 4.74 Å². The molecule has 8 nitrogen and oxygen atoms in total. The van der Waals surface area contributed by atoms with Crippen molar-refractivity contribution in [1.29, 1.82) is 0 Å². The Morgan fingerprint density at radius 1 is 1.08 bits per heavy atom. The van der Waals surface area contributed by atoms with E-state index in [1.807, 2.05) is 0 Å². The normalized spacial score (nSPS) is 12.0. The number of benzene rings is 2. The molecule has 0 amide bonds. The summed E-state index contributed by atoms with van der Waals surface area (Å²) in [6.45, 7) is 0. The summed E-state index contributed by atoms with van der Waals surface area (Å²) in [6, 6.07) is 10.2. The van der Waals surface area contributed by atoms with Crippen molar-refractivity contribution in [3.8, 4) is 5.75 Å².